The Labute approximate surface area is 106 Å². The number of aryl methyl sites for hydroxylation is 1. The molecular formula is C15H26N2. The number of nitrogens with zero attached hydrogens (tertiary/aromatic N) is 1. The number of hydrogen-bond acceptors (Lipinski definition) is 2. The summed E-state index contributed by atoms with van der Waals surface area (Å²) in [7, 11) is 4.23. The molecule has 2 unspecified atom stereocenters. The molecule has 0 saturated carbocycles. The van der Waals surface area contributed by atoms with Crippen LogP contribution >= 0.6 is 0 Å². The molecule has 2 atom stereocenters. The Morgan fingerprint density at radius 2 is 1.88 bits per heavy atom. The van der Waals surface area contributed by atoms with Crippen molar-refractivity contribution in [1.29, 1.82) is 0 Å². The van der Waals surface area contributed by atoms with Crippen LogP contribution in [0.3, 0.4) is 0 Å². The number of hydrogen-bond donors (Lipinski definition) is 1. The predicted molar refractivity (Wildman–Crippen MR) is 75.2 cm³/mol. The van der Waals surface area contributed by atoms with Gasteiger partial charge in [-0.15, -0.1) is 0 Å². The lowest BCUT2D eigenvalue weighted by atomic mass is 10.1. The fourth-order valence-corrected chi connectivity index (χ4v) is 2.02. The molecule has 1 N–H and O–H groups in total. The Balaban J connectivity index is 2.54. The lowest BCUT2D eigenvalue weighted by Crippen LogP contribution is -2.35. The molecule has 1 aromatic rings. The Morgan fingerprint density at radius 1 is 1.24 bits per heavy atom. The van der Waals surface area contributed by atoms with Crippen LogP contribution in [-0.2, 0) is 6.54 Å². The van der Waals surface area contributed by atoms with E-state index in [-0.39, 0.29) is 0 Å². The third kappa shape index (κ3) is 4.49. The Hall–Kier alpha value is -0.860. The quantitative estimate of drug-likeness (QED) is 0.814. The fraction of sp³-hybridized carbons (Fsp3) is 0.600. The first-order valence-corrected chi connectivity index (χ1v) is 6.46. The lowest BCUT2D eigenvalue weighted by molar-refractivity contribution is 0.224. The van der Waals surface area contributed by atoms with Crippen LogP contribution in [0.25, 0.3) is 0 Å². The van der Waals surface area contributed by atoms with E-state index >= 15 is 0 Å². The van der Waals surface area contributed by atoms with Crippen LogP contribution in [0.5, 0.6) is 0 Å². The average molecular weight is 234 g/mol. The summed E-state index contributed by atoms with van der Waals surface area (Å²) in [6.07, 6.45) is 1.18. The van der Waals surface area contributed by atoms with Crippen molar-refractivity contribution in [1.82, 2.24) is 10.2 Å². The summed E-state index contributed by atoms with van der Waals surface area (Å²) in [5, 5.41) is 3.30. The highest BCUT2D eigenvalue weighted by Gasteiger charge is 2.13. The van der Waals surface area contributed by atoms with Gasteiger partial charge in [0.15, 0.2) is 0 Å². The van der Waals surface area contributed by atoms with E-state index in [1.54, 1.807) is 0 Å². The first-order valence-electron chi connectivity index (χ1n) is 6.46. The van der Waals surface area contributed by atoms with Crippen molar-refractivity contribution in [2.24, 2.45) is 0 Å². The van der Waals surface area contributed by atoms with E-state index in [9.17, 15) is 0 Å². The second-order valence-electron chi connectivity index (χ2n) is 5.12. The van der Waals surface area contributed by atoms with Gasteiger partial charge in [-0.2, -0.15) is 0 Å². The van der Waals surface area contributed by atoms with Crippen LogP contribution in [0.1, 0.15) is 31.4 Å². The molecular weight excluding hydrogens is 208 g/mol. The predicted octanol–water partition coefficient (Wildman–Crippen LogP) is 2.81. The zero-order valence-electron chi connectivity index (χ0n) is 11.8. The second kappa shape index (κ2) is 6.77. The Bertz CT molecular complexity index is 335. The molecule has 0 aliphatic rings. The van der Waals surface area contributed by atoms with Crippen LogP contribution in [-0.4, -0.2) is 31.1 Å². The largest absolute Gasteiger partial charge is 0.317 e. The molecule has 1 rings (SSSR count). The molecule has 0 saturated heterocycles. The van der Waals surface area contributed by atoms with Gasteiger partial charge < -0.3 is 5.32 Å². The van der Waals surface area contributed by atoms with Gasteiger partial charge in [0, 0.05) is 18.6 Å². The van der Waals surface area contributed by atoms with Gasteiger partial charge in [0.1, 0.15) is 0 Å². The molecule has 0 aliphatic carbocycles. The molecule has 1 aromatic carbocycles. The van der Waals surface area contributed by atoms with E-state index in [1.165, 1.54) is 17.5 Å². The molecule has 0 radical (unpaired) electrons. The van der Waals surface area contributed by atoms with E-state index in [4.69, 9.17) is 0 Å². The zero-order chi connectivity index (χ0) is 12.8. The highest BCUT2D eigenvalue weighted by molar-refractivity contribution is 5.25. The average Bonchev–Trinajstić information content (AvgIpc) is 2.31. The fourth-order valence-electron chi connectivity index (χ4n) is 2.02. The lowest BCUT2D eigenvalue weighted by Gasteiger charge is -2.27. The van der Waals surface area contributed by atoms with Crippen molar-refractivity contribution >= 4 is 0 Å². The summed E-state index contributed by atoms with van der Waals surface area (Å²) in [5.41, 5.74) is 2.81. The van der Waals surface area contributed by atoms with Crippen molar-refractivity contribution in [3.8, 4) is 0 Å². The minimum absolute atomic E-state index is 0.573. The summed E-state index contributed by atoms with van der Waals surface area (Å²) < 4.78 is 0. The number of benzene rings is 1. The van der Waals surface area contributed by atoms with Crippen molar-refractivity contribution in [3.63, 3.8) is 0 Å². The van der Waals surface area contributed by atoms with Gasteiger partial charge in [0.2, 0.25) is 0 Å². The minimum atomic E-state index is 0.573. The molecule has 0 aliphatic heterocycles. The third-order valence-corrected chi connectivity index (χ3v) is 3.62. The highest BCUT2D eigenvalue weighted by atomic mass is 15.1. The molecule has 2 nitrogen and oxygen atoms in total. The maximum absolute atomic E-state index is 3.30. The maximum Gasteiger partial charge on any atom is 0.0236 e. The second-order valence-corrected chi connectivity index (χ2v) is 5.12. The standard InChI is InChI=1S/C15H26N2/c1-12-8-6-7-9-15(12)11-17(5)14(3)10-13(2)16-4/h6-9,13-14,16H,10-11H2,1-5H3. The normalized spacial score (nSPS) is 14.9. The highest BCUT2D eigenvalue weighted by Crippen LogP contribution is 2.13. The summed E-state index contributed by atoms with van der Waals surface area (Å²) in [6.45, 7) is 7.75. The van der Waals surface area contributed by atoms with Gasteiger partial charge >= 0.3 is 0 Å². The Morgan fingerprint density at radius 3 is 2.47 bits per heavy atom. The van der Waals surface area contributed by atoms with Crippen LogP contribution < -0.4 is 5.32 Å². The first kappa shape index (κ1) is 14.2. The van der Waals surface area contributed by atoms with Crippen molar-refractivity contribution in [3.05, 3.63) is 35.4 Å². The van der Waals surface area contributed by atoms with E-state index in [1.807, 2.05) is 7.05 Å². The van der Waals surface area contributed by atoms with Gasteiger partial charge in [0.05, 0.1) is 0 Å². The number of rotatable bonds is 6. The first-order chi connectivity index (χ1) is 8.04. The van der Waals surface area contributed by atoms with Crippen LogP contribution in [0.4, 0.5) is 0 Å². The Kier molecular flexibility index (Phi) is 5.66. The SMILES string of the molecule is CNC(C)CC(C)N(C)Cc1ccccc1C. The van der Waals surface area contributed by atoms with Crippen LogP contribution in [0, 0.1) is 6.92 Å². The molecule has 2 heteroatoms. The molecule has 96 valence electrons. The van der Waals surface area contributed by atoms with Gasteiger partial charge in [-0.1, -0.05) is 24.3 Å². The molecule has 17 heavy (non-hydrogen) atoms. The van der Waals surface area contributed by atoms with Gasteiger partial charge in [-0.05, 0) is 52.4 Å². The maximum atomic E-state index is 3.30. The van der Waals surface area contributed by atoms with E-state index < -0.39 is 0 Å². The van der Waals surface area contributed by atoms with Gasteiger partial charge in [-0.25, -0.2) is 0 Å². The van der Waals surface area contributed by atoms with Crippen LogP contribution in [0.15, 0.2) is 24.3 Å². The molecule has 0 bridgehead atoms. The smallest absolute Gasteiger partial charge is 0.0236 e. The van der Waals surface area contributed by atoms with Crippen LogP contribution in [0.2, 0.25) is 0 Å². The molecule has 0 fully saturated rings. The van der Waals surface area contributed by atoms with Crippen molar-refractivity contribution in [2.75, 3.05) is 14.1 Å². The molecule has 0 aromatic heterocycles. The zero-order valence-corrected chi connectivity index (χ0v) is 11.8. The minimum Gasteiger partial charge on any atom is -0.317 e. The molecule has 0 spiro atoms. The topological polar surface area (TPSA) is 15.3 Å². The summed E-state index contributed by atoms with van der Waals surface area (Å²) in [6, 6.07) is 9.80. The van der Waals surface area contributed by atoms with E-state index in [2.05, 4.69) is 62.3 Å². The van der Waals surface area contributed by atoms with Gasteiger partial charge in [-0.3, -0.25) is 4.90 Å². The molecule has 0 amide bonds. The van der Waals surface area contributed by atoms with E-state index in [0.717, 1.165) is 6.54 Å². The monoisotopic (exact) mass is 234 g/mol. The van der Waals surface area contributed by atoms with E-state index in [0.29, 0.717) is 12.1 Å². The summed E-state index contributed by atoms with van der Waals surface area (Å²) in [4.78, 5) is 2.43. The molecule has 0 heterocycles. The van der Waals surface area contributed by atoms with Crippen molar-refractivity contribution in [2.45, 2.75) is 45.8 Å². The summed E-state index contributed by atoms with van der Waals surface area (Å²) in [5.74, 6) is 0. The summed E-state index contributed by atoms with van der Waals surface area (Å²) >= 11 is 0. The van der Waals surface area contributed by atoms with Gasteiger partial charge in [0.25, 0.3) is 0 Å². The van der Waals surface area contributed by atoms with Crippen molar-refractivity contribution < 1.29 is 0 Å². The third-order valence-electron chi connectivity index (χ3n) is 3.62. The number of nitrogens with one attached hydrogen (secondary N) is 1.